The van der Waals surface area contributed by atoms with Gasteiger partial charge in [-0.2, -0.15) is 5.10 Å². The fourth-order valence-corrected chi connectivity index (χ4v) is 3.20. The molecular formula is C16H11ClFN3O. The van der Waals surface area contributed by atoms with Crippen LogP contribution in [0.15, 0.2) is 36.5 Å². The Hall–Kier alpha value is -2.40. The maximum Gasteiger partial charge on any atom is 0.225 e. The van der Waals surface area contributed by atoms with Crippen molar-refractivity contribution < 1.29 is 9.18 Å². The highest BCUT2D eigenvalue weighted by Crippen LogP contribution is 2.41. The lowest BCUT2D eigenvalue weighted by Gasteiger charge is -2.26. The zero-order chi connectivity index (χ0) is 15.3. The molecule has 6 heteroatoms. The summed E-state index contributed by atoms with van der Waals surface area (Å²) in [5.74, 6) is -0.912. The maximum absolute atomic E-state index is 14.3. The van der Waals surface area contributed by atoms with Crippen molar-refractivity contribution in [2.75, 3.05) is 5.32 Å². The van der Waals surface area contributed by atoms with Crippen LogP contribution in [0.2, 0.25) is 5.02 Å². The molecule has 1 aliphatic rings. The van der Waals surface area contributed by atoms with Gasteiger partial charge in [0.25, 0.3) is 0 Å². The fraction of sp³-hybridized carbons (Fsp3) is 0.125. The number of hydrogen-bond donors (Lipinski definition) is 2. The van der Waals surface area contributed by atoms with E-state index in [1.165, 1.54) is 6.07 Å². The van der Waals surface area contributed by atoms with Crippen molar-refractivity contribution >= 4 is 34.1 Å². The average molecular weight is 316 g/mol. The Morgan fingerprint density at radius 2 is 2.14 bits per heavy atom. The van der Waals surface area contributed by atoms with Crippen LogP contribution in [-0.2, 0) is 4.79 Å². The molecule has 1 unspecified atom stereocenters. The van der Waals surface area contributed by atoms with Gasteiger partial charge < -0.3 is 5.32 Å². The van der Waals surface area contributed by atoms with E-state index in [1.54, 1.807) is 18.3 Å². The highest BCUT2D eigenvalue weighted by Gasteiger charge is 2.30. The summed E-state index contributed by atoms with van der Waals surface area (Å²) in [6.07, 6.45) is 1.89. The number of nitrogens with zero attached hydrogens (tertiary/aromatic N) is 1. The molecule has 3 aromatic rings. The molecule has 0 spiro atoms. The third kappa shape index (κ3) is 1.97. The van der Waals surface area contributed by atoms with E-state index in [4.69, 9.17) is 11.6 Å². The quantitative estimate of drug-likeness (QED) is 0.717. The summed E-state index contributed by atoms with van der Waals surface area (Å²) >= 11 is 5.83. The maximum atomic E-state index is 14.3. The van der Waals surface area contributed by atoms with Crippen molar-refractivity contribution in [2.45, 2.75) is 12.3 Å². The van der Waals surface area contributed by atoms with Gasteiger partial charge >= 0.3 is 0 Å². The minimum absolute atomic E-state index is 0.134. The average Bonchev–Trinajstić information content (AvgIpc) is 2.94. The molecule has 22 heavy (non-hydrogen) atoms. The normalized spacial score (nSPS) is 17.4. The molecule has 2 heterocycles. The van der Waals surface area contributed by atoms with Gasteiger partial charge in [0.2, 0.25) is 5.91 Å². The van der Waals surface area contributed by atoms with Crippen LogP contribution < -0.4 is 5.32 Å². The molecule has 2 aromatic carbocycles. The molecule has 1 aliphatic heterocycles. The number of aromatic nitrogens is 2. The van der Waals surface area contributed by atoms with Gasteiger partial charge in [-0.05, 0) is 29.8 Å². The Labute approximate surface area is 130 Å². The Bertz CT molecular complexity index is 906. The summed E-state index contributed by atoms with van der Waals surface area (Å²) in [6, 6.07) is 8.25. The van der Waals surface area contributed by atoms with E-state index >= 15 is 0 Å². The van der Waals surface area contributed by atoms with Crippen molar-refractivity contribution in [3.05, 3.63) is 58.5 Å². The number of halogens is 2. The van der Waals surface area contributed by atoms with E-state index in [0.717, 1.165) is 16.5 Å². The first-order chi connectivity index (χ1) is 10.6. The minimum atomic E-state index is -0.408. The number of anilines is 1. The number of carbonyl (C=O) groups is 1. The van der Waals surface area contributed by atoms with Crippen molar-refractivity contribution in [1.82, 2.24) is 10.2 Å². The fourth-order valence-electron chi connectivity index (χ4n) is 3.04. The third-order valence-corrected chi connectivity index (χ3v) is 4.24. The molecule has 110 valence electrons. The van der Waals surface area contributed by atoms with Crippen molar-refractivity contribution in [3.8, 4) is 0 Å². The van der Waals surface area contributed by atoms with Crippen LogP contribution in [0.4, 0.5) is 10.1 Å². The van der Waals surface area contributed by atoms with Crippen molar-refractivity contribution in [3.63, 3.8) is 0 Å². The largest absolute Gasteiger partial charge is 0.326 e. The van der Waals surface area contributed by atoms with E-state index in [1.807, 2.05) is 12.1 Å². The topological polar surface area (TPSA) is 57.8 Å². The second kappa shape index (κ2) is 4.81. The molecule has 1 aromatic heterocycles. The second-order valence-electron chi connectivity index (χ2n) is 5.33. The van der Waals surface area contributed by atoms with Gasteiger partial charge in [-0.1, -0.05) is 17.7 Å². The predicted octanol–water partition coefficient (Wildman–Crippen LogP) is 3.83. The third-order valence-electron chi connectivity index (χ3n) is 4.01. The molecule has 0 saturated carbocycles. The van der Waals surface area contributed by atoms with Crippen LogP contribution in [0.5, 0.6) is 0 Å². The standard InChI is InChI=1S/C16H11ClFN3O/c17-9-2-3-10(12(18)5-9)11-6-14(22)20-13-4-1-8-7-19-21-16(8)15(11)13/h1-5,7,11H,6H2,(H,19,21)(H,20,22). The highest BCUT2D eigenvalue weighted by atomic mass is 35.5. The summed E-state index contributed by atoms with van der Waals surface area (Å²) in [7, 11) is 0. The monoisotopic (exact) mass is 315 g/mol. The van der Waals surface area contributed by atoms with E-state index in [9.17, 15) is 9.18 Å². The molecule has 0 fully saturated rings. The minimum Gasteiger partial charge on any atom is -0.326 e. The molecule has 0 radical (unpaired) electrons. The SMILES string of the molecule is O=C1CC(c2ccc(Cl)cc2F)c2c(ccc3cn[nH]c23)N1. The second-order valence-corrected chi connectivity index (χ2v) is 5.77. The first kappa shape index (κ1) is 13.3. The number of nitrogens with one attached hydrogen (secondary N) is 2. The highest BCUT2D eigenvalue weighted by molar-refractivity contribution is 6.30. The molecule has 0 aliphatic carbocycles. The van der Waals surface area contributed by atoms with Gasteiger partial charge in [-0.3, -0.25) is 9.89 Å². The van der Waals surface area contributed by atoms with Gasteiger partial charge in [-0.25, -0.2) is 4.39 Å². The smallest absolute Gasteiger partial charge is 0.225 e. The van der Waals surface area contributed by atoms with Crippen molar-refractivity contribution in [1.29, 1.82) is 0 Å². The molecule has 4 rings (SSSR count). The summed E-state index contributed by atoms with van der Waals surface area (Å²) in [6.45, 7) is 0. The predicted molar refractivity (Wildman–Crippen MR) is 82.6 cm³/mol. The van der Waals surface area contributed by atoms with E-state index in [0.29, 0.717) is 16.3 Å². The Kier molecular flexibility index (Phi) is 2.90. The van der Waals surface area contributed by atoms with Crippen LogP contribution in [0.1, 0.15) is 23.5 Å². The zero-order valence-electron chi connectivity index (χ0n) is 11.4. The Morgan fingerprint density at radius 3 is 2.95 bits per heavy atom. The molecule has 1 amide bonds. The summed E-state index contributed by atoms with van der Waals surface area (Å²) < 4.78 is 14.3. The number of carbonyl (C=O) groups excluding carboxylic acids is 1. The number of H-pyrrole nitrogens is 1. The summed E-state index contributed by atoms with van der Waals surface area (Å²) in [4.78, 5) is 12.0. The molecule has 1 atom stereocenters. The Balaban J connectivity index is 1.98. The number of amides is 1. The molecule has 4 nitrogen and oxygen atoms in total. The van der Waals surface area contributed by atoms with Crippen LogP contribution in [0.3, 0.4) is 0 Å². The number of fused-ring (bicyclic) bond motifs is 3. The number of benzene rings is 2. The molecule has 2 N–H and O–H groups in total. The van der Waals surface area contributed by atoms with Gasteiger partial charge in [0.1, 0.15) is 5.82 Å². The first-order valence-electron chi connectivity index (χ1n) is 6.84. The van der Waals surface area contributed by atoms with E-state index in [2.05, 4.69) is 15.5 Å². The lowest BCUT2D eigenvalue weighted by Crippen LogP contribution is -2.24. The molecule has 0 saturated heterocycles. The lowest BCUT2D eigenvalue weighted by molar-refractivity contribution is -0.116. The van der Waals surface area contributed by atoms with Gasteiger partial charge in [0, 0.05) is 34.0 Å². The number of rotatable bonds is 1. The van der Waals surface area contributed by atoms with E-state index < -0.39 is 5.82 Å². The van der Waals surface area contributed by atoms with Gasteiger partial charge in [0.15, 0.2) is 0 Å². The zero-order valence-corrected chi connectivity index (χ0v) is 12.1. The van der Waals surface area contributed by atoms with Crippen LogP contribution in [0, 0.1) is 5.82 Å². The first-order valence-corrected chi connectivity index (χ1v) is 7.22. The van der Waals surface area contributed by atoms with Crippen LogP contribution in [-0.4, -0.2) is 16.1 Å². The van der Waals surface area contributed by atoms with Crippen molar-refractivity contribution in [2.24, 2.45) is 0 Å². The van der Waals surface area contributed by atoms with Gasteiger partial charge in [-0.15, -0.1) is 0 Å². The lowest BCUT2D eigenvalue weighted by atomic mass is 9.83. The van der Waals surface area contributed by atoms with Crippen LogP contribution >= 0.6 is 11.6 Å². The van der Waals surface area contributed by atoms with Gasteiger partial charge in [0.05, 0.1) is 11.7 Å². The van der Waals surface area contributed by atoms with Crippen LogP contribution in [0.25, 0.3) is 10.9 Å². The summed E-state index contributed by atoms with van der Waals surface area (Å²) in [5, 5.41) is 11.1. The van der Waals surface area contributed by atoms with E-state index in [-0.39, 0.29) is 18.2 Å². The molecular weight excluding hydrogens is 305 g/mol. The molecule has 0 bridgehead atoms. The number of hydrogen-bond acceptors (Lipinski definition) is 2. The Morgan fingerprint density at radius 1 is 1.27 bits per heavy atom. The number of aromatic amines is 1. The summed E-state index contributed by atoms with van der Waals surface area (Å²) in [5.41, 5.74) is 2.82.